The molecule has 1 aromatic rings. The van der Waals surface area contributed by atoms with E-state index < -0.39 is 0 Å². The molecule has 1 fully saturated rings. The van der Waals surface area contributed by atoms with Gasteiger partial charge in [-0.15, -0.1) is 11.8 Å². The highest BCUT2D eigenvalue weighted by atomic mass is 32.2. The molecule has 0 bridgehead atoms. The van der Waals surface area contributed by atoms with Crippen molar-refractivity contribution < 1.29 is 5.11 Å². The van der Waals surface area contributed by atoms with Crippen molar-refractivity contribution in [3.63, 3.8) is 0 Å². The van der Waals surface area contributed by atoms with Crippen LogP contribution in [0.25, 0.3) is 0 Å². The maximum absolute atomic E-state index is 9.50. The molecule has 0 spiro atoms. The fourth-order valence-electron chi connectivity index (χ4n) is 2.85. The lowest BCUT2D eigenvalue weighted by Gasteiger charge is -2.30. The normalized spacial score (nSPS) is 18.5. The van der Waals surface area contributed by atoms with Crippen LogP contribution >= 0.6 is 11.8 Å². The molecule has 0 radical (unpaired) electrons. The molecule has 0 amide bonds. The molecule has 2 rings (SSSR count). The average molecular weight is 323 g/mol. The van der Waals surface area contributed by atoms with Crippen molar-refractivity contribution >= 4 is 11.8 Å². The van der Waals surface area contributed by atoms with E-state index in [-0.39, 0.29) is 6.10 Å². The second kappa shape index (κ2) is 10.3. The van der Waals surface area contributed by atoms with Gasteiger partial charge in [-0.2, -0.15) is 0 Å². The standard InChI is InChI=1S/C18H30N2OS/c19-16(9-12-20-13-10-17(21)11-14-20)6-4-5-15-22-18-7-2-1-3-8-18/h1-3,7-8,16-17,21H,4-6,9-15,19H2/t16-/m1/s1. The van der Waals surface area contributed by atoms with E-state index in [0.29, 0.717) is 6.04 Å². The average Bonchev–Trinajstić information content (AvgIpc) is 2.55. The first-order chi connectivity index (χ1) is 10.7. The van der Waals surface area contributed by atoms with Crippen LogP contribution in [0.5, 0.6) is 0 Å². The topological polar surface area (TPSA) is 49.5 Å². The van der Waals surface area contributed by atoms with E-state index in [2.05, 4.69) is 35.2 Å². The molecule has 1 aliphatic rings. The van der Waals surface area contributed by atoms with E-state index in [1.807, 2.05) is 11.8 Å². The molecule has 1 saturated heterocycles. The SMILES string of the molecule is N[C@H](CCCCSc1ccccc1)CCN1CCC(O)CC1. The zero-order valence-electron chi connectivity index (χ0n) is 13.5. The summed E-state index contributed by atoms with van der Waals surface area (Å²) in [7, 11) is 0. The highest BCUT2D eigenvalue weighted by molar-refractivity contribution is 7.99. The van der Waals surface area contributed by atoms with Gasteiger partial charge in [-0.05, 0) is 56.5 Å². The predicted octanol–water partition coefficient (Wildman–Crippen LogP) is 3.12. The fourth-order valence-corrected chi connectivity index (χ4v) is 3.78. The molecular formula is C18H30N2OS. The van der Waals surface area contributed by atoms with Gasteiger partial charge in [0.1, 0.15) is 0 Å². The van der Waals surface area contributed by atoms with Crippen molar-refractivity contribution in [3.05, 3.63) is 30.3 Å². The summed E-state index contributed by atoms with van der Waals surface area (Å²) in [5.74, 6) is 1.18. The Bertz CT molecular complexity index is 393. The van der Waals surface area contributed by atoms with Gasteiger partial charge in [0.2, 0.25) is 0 Å². The minimum Gasteiger partial charge on any atom is -0.393 e. The number of aliphatic hydroxyl groups excluding tert-OH is 1. The Morgan fingerprint density at radius 1 is 1.14 bits per heavy atom. The molecule has 3 nitrogen and oxygen atoms in total. The maximum Gasteiger partial charge on any atom is 0.0564 e. The summed E-state index contributed by atoms with van der Waals surface area (Å²) in [6.45, 7) is 3.15. The third-order valence-corrected chi connectivity index (χ3v) is 5.45. The predicted molar refractivity (Wildman–Crippen MR) is 95.3 cm³/mol. The van der Waals surface area contributed by atoms with Gasteiger partial charge in [-0.1, -0.05) is 24.6 Å². The molecule has 124 valence electrons. The number of hydrogen-bond donors (Lipinski definition) is 2. The van der Waals surface area contributed by atoms with Crippen molar-refractivity contribution in [3.8, 4) is 0 Å². The van der Waals surface area contributed by atoms with Crippen LogP contribution in [0.4, 0.5) is 0 Å². The Kier molecular flexibility index (Phi) is 8.31. The molecule has 0 aromatic heterocycles. The molecule has 4 heteroatoms. The van der Waals surface area contributed by atoms with Crippen LogP contribution in [0.15, 0.2) is 35.2 Å². The van der Waals surface area contributed by atoms with Crippen LogP contribution in [-0.2, 0) is 0 Å². The second-order valence-corrected chi connectivity index (χ2v) is 7.45. The molecule has 1 atom stereocenters. The number of benzene rings is 1. The summed E-state index contributed by atoms with van der Waals surface area (Å²) in [5.41, 5.74) is 6.23. The van der Waals surface area contributed by atoms with E-state index in [4.69, 9.17) is 5.73 Å². The Hall–Kier alpha value is -0.550. The Morgan fingerprint density at radius 3 is 2.59 bits per heavy atom. The molecule has 1 aromatic carbocycles. The number of hydrogen-bond acceptors (Lipinski definition) is 4. The van der Waals surface area contributed by atoms with Crippen LogP contribution in [0.1, 0.15) is 38.5 Å². The van der Waals surface area contributed by atoms with Crippen LogP contribution in [0.3, 0.4) is 0 Å². The Labute approximate surface area is 139 Å². The zero-order chi connectivity index (χ0) is 15.6. The number of nitrogens with two attached hydrogens (primary N) is 1. The van der Waals surface area contributed by atoms with E-state index in [1.165, 1.54) is 23.5 Å². The van der Waals surface area contributed by atoms with E-state index in [9.17, 15) is 5.11 Å². The van der Waals surface area contributed by atoms with E-state index in [0.717, 1.165) is 45.3 Å². The first kappa shape index (κ1) is 17.8. The van der Waals surface area contributed by atoms with Gasteiger partial charge in [0, 0.05) is 24.0 Å². The van der Waals surface area contributed by atoms with E-state index >= 15 is 0 Å². The van der Waals surface area contributed by atoms with Gasteiger partial charge < -0.3 is 15.7 Å². The van der Waals surface area contributed by atoms with Crippen LogP contribution in [0, 0.1) is 0 Å². The second-order valence-electron chi connectivity index (χ2n) is 6.28. The van der Waals surface area contributed by atoms with E-state index in [1.54, 1.807) is 0 Å². The van der Waals surface area contributed by atoms with Gasteiger partial charge in [-0.3, -0.25) is 0 Å². The molecule has 0 aliphatic carbocycles. The molecule has 0 saturated carbocycles. The fraction of sp³-hybridized carbons (Fsp3) is 0.667. The van der Waals surface area contributed by atoms with Crippen molar-refractivity contribution in [2.45, 2.75) is 55.6 Å². The van der Waals surface area contributed by atoms with Gasteiger partial charge >= 0.3 is 0 Å². The maximum atomic E-state index is 9.50. The van der Waals surface area contributed by atoms with Gasteiger partial charge in [-0.25, -0.2) is 0 Å². The smallest absolute Gasteiger partial charge is 0.0564 e. The number of piperidine rings is 1. The summed E-state index contributed by atoms with van der Waals surface area (Å²) < 4.78 is 0. The number of unbranched alkanes of at least 4 members (excludes halogenated alkanes) is 1. The number of nitrogens with zero attached hydrogens (tertiary/aromatic N) is 1. The third-order valence-electron chi connectivity index (χ3n) is 4.35. The summed E-state index contributed by atoms with van der Waals surface area (Å²) in [6, 6.07) is 10.9. The number of aliphatic hydroxyl groups is 1. The molecule has 3 N–H and O–H groups in total. The van der Waals surface area contributed by atoms with Gasteiger partial charge in [0.15, 0.2) is 0 Å². The van der Waals surface area contributed by atoms with Crippen LogP contribution < -0.4 is 5.73 Å². The Balaban J connectivity index is 1.46. The summed E-state index contributed by atoms with van der Waals surface area (Å²) in [4.78, 5) is 3.80. The molecule has 22 heavy (non-hydrogen) atoms. The molecule has 1 heterocycles. The van der Waals surface area contributed by atoms with Crippen molar-refractivity contribution in [2.75, 3.05) is 25.4 Å². The van der Waals surface area contributed by atoms with Crippen LogP contribution in [0.2, 0.25) is 0 Å². The van der Waals surface area contributed by atoms with Crippen molar-refractivity contribution in [2.24, 2.45) is 5.73 Å². The third kappa shape index (κ3) is 7.14. The quantitative estimate of drug-likeness (QED) is 0.542. The zero-order valence-corrected chi connectivity index (χ0v) is 14.3. The highest BCUT2D eigenvalue weighted by Crippen LogP contribution is 2.19. The minimum atomic E-state index is -0.0768. The molecular weight excluding hydrogens is 292 g/mol. The first-order valence-corrected chi connectivity index (χ1v) is 9.56. The lowest BCUT2D eigenvalue weighted by atomic mass is 10.0. The van der Waals surface area contributed by atoms with Crippen molar-refractivity contribution in [1.29, 1.82) is 0 Å². The van der Waals surface area contributed by atoms with Crippen LogP contribution in [-0.4, -0.2) is 47.5 Å². The largest absolute Gasteiger partial charge is 0.393 e. The van der Waals surface area contributed by atoms with Gasteiger partial charge in [0.05, 0.1) is 6.10 Å². The summed E-state index contributed by atoms with van der Waals surface area (Å²) in [6.07, 6.45) is 6.45. The number of likely N-dealkylation sites (tertiary alicyclic amines) is 1. The lowest BCUT2D eigenvalue weighted by molar-refractivity contribution is 0.0811. The summed E-state index contributed by atoms with van der Waals surface area (Å²) in [5, 5.41) is 9.50. The molecule has 0 unspecified atom stereocenters. The summed E-state index contributed by atoms with van der Waals surface area (Å²) >= 11 is 1.94. The van der Waals surface area contributed by atoms with Crippen molar-refractivity contribution in [1.82, 2.24) is 4.90 Å². The Morgan fingerprint density at radius 2 is 1.86 bits per heavy atom. The minimum absolute atomic E-state index is 0.0768. The highest BCUT2D eigenvalue weighted by Gasteiger charge is 2.17. The van der Waals surface area contributed by atoms with Gasteiger partial charge in [0.25, 0.3) is 0 Å². The lowest BCUT2D eigenvalue weighted by Crippen LogP contribution is -2.38. The number of thioether (sulfide) groups is 1. The monoisotopic (exact) mass is 322 g/mol. The number of rotatable bonds is 9. The first-order valence-electron chi connectivity index (χ1n) is 8.58. The molecule has 1 aliphatic heterocycles.